The number of Topliss-reactive ketones (excluding diaryl/α,β-unsaturated/α-hetero) is 1. The van der Waals surface area contributed by atoms with E-state index in [1.165, 1.54) is 11.8 Å². The highest BCUT2D eigenvalue weighted by atomic mass is 16.2. The van der Waals surface area contributed by atoms with Gasteiger partial charge in [0.2, 0.25) is 0 Å². The maximum atomic E-state index is 11.2. The van der Waals surface area contributed by atoms with Crippen LogP contribution in [-0.4, -0.2) is 36.3 Å². The molecular weight excluding hydrogens is 156 g/mol. The zero-order valence-corrected chi connectivity index (χ0v) is 8.05. The first-order valence-corrected chi connectivity index (χ1v) is 4.01. The van der Waals surface area contributed by atoms with Gasteiger partial charge in [0, 0.05) is 13.6 Å². The lowest BCUT2D eigenvalue weighted by molar-refractivity contribution is -0.118. The number of urea groups is 1. The molecule has 0 heterocycles. The molecular formula is C8H16N2O2. The van der Waals surface area contributed by atoms with Crippen molar-refractivity contribution in [3.05, 3.63) is 0 Å². The van der Waals surface area contributed by atoms with E-state index in [0.29, 0.717) is 6.54 Å². The SMILES string of the molecule is CCN(C)C(=O)NC(C)C(C)=O. The largest absolute Gasteiger partial charge is 0.328 e. The van der Waals surface area contributed by atoms with E-state index in [0.717, 1.165) is 0 Å². The van der Waals surface area contributed by atoms with Gasteiger partial charge in [-0.05, 0) is 20.8 Å². The van der Waals surface area contributed by atoms with Crippen LogP contribution >= 0.6 is 0 Å². The van der Waals surface area contributed by atoms with Gasteiger partial charge >= 0.3 is 6.03 Å². The number of amides is 2. The average molecular weight is 172 g/mol. The monoisotopic (exact) mass is 172 g/mol. The van der Waals surface area contributed by atoms with Crippen LogP contribution in [0, 0.1) is 0 Å². The topological polar surface area (TPSA) is 49.4 Å². The lowest BCUT2D eigenvalue weighted by Gasteiger charge is -2.18. The molecule has 0 aromatic heterocycles. The van der Waals surface area contributed by atoms with Crippen LogP contribution in [0.25, 0.3) is 0 Å². The highest BCUT2D eigenvalue weighted by Gasteiger charge is 2.12. The maximum absolute atomic E-state index is 11.2. The van der Waals surface area contributed by atoms with E-state index in [9.17, 15) is 9.59 Å². The molecule has 4 nitrogen and oxygen atoms in total. The van der Waals surface area contributed by atoms with Gasteiger partial charge in [-0.3, -0.25) is 4.79 Å². The second kappa shape index (κ2) is 4.74. The summed E-state index contributed by atoms with van der Waals surface area (Å²) in [6.45, 7) is 5.63. The third-order valence-corrected chi connectivity index (χ3v) is 1.77. The van der Waals surface area contributed by atoms with E-state index >= 15 is 0 Å². The first-order chi connectivity index (χ1) is 5.49. The summed E-state index contributed by atoms with van der Waals surface area (Å²) in [7, 11) is 1.68. The van der Waals surface area contributed by atoms with Crippen molar-refractivity contribution in [3.63, 3.8) is 0 Å². The Kier molecular flexibility index (Phi) is 4.33. The Bertz CT molecular complexity index is 180. The quantitative estimate of drug-likeness (QED) is 0.678. The van der Waals surface area contributed by atoms with E-state index in [2.05, 4.69) is 5.32 Å². The summed E-state index contributed by atoms with van der Waals surface area (Å²) in [6.07, 6.45) is 0. The Morgan fingerprint density at radius 1 is 1.50 bits per heavy atom. The molecule has 0 aliphatic heterocycles. The van der Waals surface area contributed by atoms with Crippen LogP contribution in [-0.2, 0) is 4.79 Å². The summed E-state index contributed by atoms with van der Waals surface area (Å²) in [5.41, 5.74) is 0. The number of carbonyl (C=O) groups is 2. The van der Waals surface area contributed by atoms with E-state index < -0.39 is 6.04 Å². The van der Waals surface area contributed by atoms with Gasteiger partial charge in [0.15, 0.2) is 5.78 Å². The van der Waals surface area contributed by atoms with Crippen molar-refractivity contribution >= 4 is 11.8 Å². The molecule has 0 aliphatic carbocycles. The molecule has 1 N–H and O–H groups in total. The standard InChI is InChI=1S/C8H16N2O2/c1-5-10(4)8(12)9-6(2)7(3)11/h6H,5H2,1-4H3,(H,9,12). The van der Waals surface area contributed by atoms with Crippen molar-refractivity contribution in [1.29, 1.82) is 0 Å². The Hall–Kier alpha value is -1.06. The molecule has 0 radical (unpaired) electrons. The first-order valence-electron chi connectivity index (χ1n) is 4.01. The van der Waals surface area contributed by atoms with E-state index in [4.69, 9.17) is 0 Å². The molecule has 1 atom stereocenters. The fraction of sp³-hybridized carbons (Fsp3) is 0.750. The fourth-order valence-electron chi connectivity index (χ4n) is 0.541. The molecule has 0 aromatic carbocycles. The minimum Gasteiger partial charge on any atom is -0.328 e. The minimum atomic E-state index is -0.397. The fourth-order valence-corrected chi connectivity index (χ4v) is 0.541. The smallest absolute Gasteiger partial charge is 0.317 e. The van der Waals surface area contributed by atoms with Crippen LogP contribution in [0.4, 0.5) is 4.79 Å². The van der Waals surface area contributed by atoms with Crippen LogP contribution in [0.2, 0.25) is 0 Å². The van der Waals surface area contributed by atoms with Crippen LogP contribution in [0.3, 0.4) is 0 Å². The van der Waals surface area contributed by atoms with Crippen molar-refractivity contribution in [2.24, 2.45) is 0 Å². The highest BCUT2D eigenvalue weighted by Crippen LogP contribution is 1.88. The molecule has 0 fully saturated rings. The van der Waals surface area contributed by atoms with Crippen molar-refractivity contribution < 1.29 is 9.59 Å². The van der Waals surface area contributed by atoms with Gasteiger partial charge in [0.25, 0.3) is 0 Å². The lowest BCUT2D eigenvalue weighted by Crippen LogP contribution is -2.44. The molecule has 4 heteroatoms. The average Bonchev–Trinajstić information content (AvgIpc) is 2.02. The normalized spacial score (nSPS) is 12.0. The van der Waals surface area contributed by atoms with Gasteiger partial charge < -0.3 is 10.2 Å². The molecule has 12 heavy (non-hydrogen) atoms. The Labute approximate surface area is 72.9 Å². The van der Waals surface area contributed by atoms with E-state index in [1.54, 1.807) is 14.0 Å². The molecule has 0 aromatic rings. The van der Waals surface area contributed by atoms with Crippen molar-refractivity contribution in [2.45, 2.75) is 26.8 Å². The van der Waals surface area contributed by atoms with E-state index in [1.807, 2.05) is 6.92 Å². The number of nitrogens with one attached hydrogen (secondary N) is 1. The number of hydrogen-bond donors (Lipinski definition) is 1. The second-order valence-corrected chi connectivity index (χ2v) is 2.80. The Balaban J connectivity index is 3.92. The van der Waals surface area contributed by atoms with Crippen molar-refractivity contribution in [3.8, 4) is 0 Å². The van der Waals surface area contributed by atoms with Gasteiger partial charge in [-0.15, -0.1) is 0 Å². The van der Waals surface area contributed by atoms with Crippen LogP contribution < -0.4 is 5.32 Å². The maximum Gasteiger partial charge on any atom is 0.317 e. The molecule has 0 rings (SSSR count). The molecule has 0 saturated heterocycles. The summed E-state index contributed by atoms with van der Waals surface area (Å²) in [4.78, 5) is 23.4. The van der Waals surface area contributed by atoms with Crippen molar-refractivity contribution in [1.82, 2.24) is 10.2 Å². The number of ketones is 1. The summed E-state index contributed by atoms with van der Waals surface area (Å²) < 4.78 is 0. The molecule has 0 saturated carbocycles. The van der Waals surface area contributed by atoms with Gasteiger partial charge in [-0.2, -0.15) is 0 Å². The number of rotatable bonds is 3. The lowest BCUT2D eigenvalue weighted by atomic mass is 10.2. The number of hydrogen-bond acceptors (Lipinski definition) is 2. The summed E-state index contributed by atoms with van der Waals surface area (Å²) in [5, 5.41) is 2.57. The minimum absolute atomic E-state index is 0.0344. The van der Waals surface area contributed by atoms with Gasteiger partial charge in [-0.1, -0.05) is 0 Å². The molecule has 1 unspecified atom stereocenters. The van der Waals surface area contributed by atoms with E-state index in [-0.39, 0.29) is 11.8 Å². The predicted molar refractivity (Wildman–Crippen MR) is 47.0 cm³/mol. The number of nitrogens with zero attached hydrogens (tertiary/aromatic N) is 1. The van der Waals surface area contributed by atoms with Gasteiger partial charge in [0.1, 0.15) is 0 Å². The first kappa shape index (κ1) is 10.9. The zero-order chi connectivity index (χ0) is 9.72. The summed E-state index contributed by atoms with van der Waals surface area (Å²) in [5.74, 6) is -0.0344. The zero-order valence-electron chi connectivity index (χ0n) is 8.05. The van der Waals surface area contributed by atoms with Crippen LogP contribution in [0.15, 0.2) is 0 Å². The Morgan fingerprint density at radius 3 is 2.33 bits per heavy atom. The number of carbonyl (C=O) groups excluding carboxylic acids is 2. The molecule has 0 bridgehead atoms. The third kappa shape index (κ3) is 3.37. The summed E-state index contributed by atoms with van der Waals surface area (Å²) >= 11 is 0. The van der Waals surface area contributed by atoms with Gasteiger partial charge in [0.05, 0.1) is 6.04 Å². The highest BCUT2D eigenvalue weighted by molar-refractivity contribution is 5.86. The van der Waals surface area contributed by atoms with Crippen LogP contribution in [0.1, 0.15) is 20.8 Å². The van der Waals surface area contributed by atoms with Gasteiger partial charge in [-0.25, -0.2) is 4.79 Å². The molecule has 2 amide bonds. The summed E-state index contributed by atoms with van der Waals surface area (Å²) in [6, 6.07) is -0.605. The predicted octanol–water partition coefficient (Wildman–Crippen LogP) is 0.625. The van der Waals surface area contributed by atoms with Crippen molar-refractivity contribution in [2.75, 3.05) is 13.6 Å². The molecule has 70 valence electrons. The molecule has 0 spiro atoms. The van der Waals surface area contributed by atoms with Crippen LogP contribution in [0.5, 0.6) is 0 Å². The third-order valence-electron chi connectivity index (χ3n) is 1.77. The second-order valence-electron chi connectivity index (χ2n) is 2.80. The Morgan fingerprint density at radius 2 is 2.00 bits per heavy atom. The molecule has 0 aliphatic rings.